The van der Waals surface area contributed by atoms with E-state index in [4.69, 9.17) is 14.5 Å². The van der Waals surface area contributed by atoms with Crippen LogP contribution in [-0.4, -0.2) is 91.4 Å². The summed E-state index contributed by atoms with van der Waals surface area (Å²) < 4.78 is 10.5. The van der Waals surface area contributed by atoms with E-state index in [0.717, 1.165) is 25.3 Å². The minimum atomic E-state index is -0.931. The molecule has 1 saturated carbocycles. The topological polar surface area (TPSA) is 119 Å². The van der Waals surface area contributed by atoms with Crippen LogP contribution in [0.5, 0.6) is 0 Å². The number of morpholine rings is 1. The molecule has 0 radical (unpaired) electrons. The zero-order valence-electron chi connectivity index (χ0n) is 23.3. The summed E-state index contributed by atoms with van der Waals surface area (Å²) in [6, 6.07) is 2.14. The van der Waals surface area contributed by atoms with Gasteiger partial charge in [-0.2, -0.15) is 5.26 Å². The molecule has 3 fully saturated rings. The maximum Gasteiger partial charge on any atom is 0.413 e. The first-order valence-corrected chi connectivity index (χ1v) is 13.9. The largest absolute Gasteiger partial charge is 0.450 e. The molecule has 2 amide bonds. The van der Waals surface area contributed by atoms with E-state index >= 15 is 0 Å². The highest BCUT2D eigenvalue weighted by Crippen LogP contribution is 2.32. The highest BCUT2D eigenvalue weighted by Gasteiger charge is 2.44. The number of rotatable bonds is 6. The zero-order chi connectivity index (χ0) is 27.1. The van der Waals surface area contributed by atoms with Crippen LogP contribution in [0.1, 0.15) is 73.1 Å². The Morgan fingerprint density at radius 3 is 2.46 bits per heavy atom. The van der Waals surface area contributed by atoms with Crippen LogP contribution in [0.4, 0.5) is 4.79 Å². The average Bonchev–Trinajstić information content (AvgIpc) is 3.28. The van der Waals surface area contributed by atoms with E-state index < -0.39 is 17.7 Å². The summed E-state index contributed by atoms with van der Waals surface area (Å²) in [5, 5.41) is 16.0. The highest BCUT2D eigenvalue weighted by molar-refractivity contribution is 5.96. The van der Waals surface area contributed by atoms with Gasteiger partial charge in [-0.1, -0.05) is 27.7 Å². The molecular formula is C27H46N6O4. The number of nitrogens with one attached hydrogen (secondary N) is 2. The lowest BCUT2D eigenvalue weighted by molar-refractivity contribution is -0.124. The van der Waals surface area contributed by atoms with Crippen molar-refractivity contribution < 1.29 is 19.1 Å². The van der Waals surface area contributed by atoms with Gasteiger partial charge in [0.2, 0.25) is 11.9 Å². The summed E-state index contributed by atoms with van der Waals surface area (Å²) in [4.78, 5) is 35.1. The fourth-order valence-electron chi connectivity index (χ4n) is 5.45. The smallest absolute Gasteiger partial charge is 0.413 e. The van der Waals surface area contributed by atoms with Crippen LogP contribution in [0.15, 0.2) is 4.99 Å². The Hall–Kier alpha value is -2.38. The van der Waals surface area contributed by atoms with Crippen molar-refractivity contribution in [1.82, 2.24) is 20.4 Å². The summed E-state index contributed by atoms with van der Waals surface area (Å²) in [5.41, 5.74) is -1.13. The van der Waals surface area contributed by atoms with Gasteiger partial charge in [-0.15, -0.1) is 0 Å². The molecule has 0 aromatic carbocycles. The van der Waals surface area contributed by atoms with Crippen LogP contribution < -0.4 is 10.6 Å². The molecule has 37 heavy (non-hydrogen) atoms. The molecule has 10 nitrogen and oxygen atoms in total. The van der Waals surface area contributed by atoms with Crippen LogP contribution in [0.3, 0.4) is 0 Å². The second-order valence-electron chi connectivity index (χ2n) is 12.0. The Kier molecular flexibility index (Phi) is 10.2. The lowest BCUT2D eigenvalue weighted by Gasteiger charge is -2.34. The second-order valence-corrected chi connectivity index (χ2v) is 12.0. The van der Waals surface area contributed by atoms with Gasteiger partial charge in [0.25, 0.3) is 0 Å². The Balaban J connectivity index is 1.79. The van der Waals surface area contributed by atoms with Gasteiger partial charge in [0.1, 0.15) is 11.6 Å². The average molecular weight is 519 g/mol. The Labute approximate surface area is 222 Å². The minimum Gasteiger partial charge on any atom is -0.450 e. The number of hydrogen-bond acceptors (Lipinski definition) is 7. The van der Waals surface area contributed by atoms with Crippen molar-refractivity contribution >= 4 is 18.0 Å². The molecule has 3 rings (SSSR count). The number of likely N-dealkylation sites (tertiary alicyclic amines) is 1. The van der Waals surface area contributed by atoms with Crippen LogP contribution in [0.25, 0.3) is 0 Å². The van der Waals surface area contributed by atoms with Crippen molar-refractivity contribution in [2.24, 2.45) is 16.3 Å². The van der Waals surface area contributed by atoms with Gasteiger partial charge in [-0.05, 0) is 56.8 Å². The molecule has 0 spiro atoms. The molecule has 0 aromatic heterocycles. The van der Waals surface area contributed by atoms with Gasteiger partial charge in [0.05, 0.1) is 25.9 Å². The van der Waals surface area contributed by atoms with Crippen molar-refractivity contribution in [2.45, 2.75) is 90.8 Å². The Morgan fingerprint density at radius 1 is 1.19 bits per heavy atom. The molecule has 0 aromatic rings. The predicted molar refractivity (Wildman–Crippen MR) is 142 cm³/mol. The monoisotopic (exact) mass is 518 g/mol. The normalized spacial score (nSPS) is 28.3. The first-order valence-electron chi connectivity index (χ1n) is 13.9. The van der Waals surface area contributed by atoms with Crippen LogP contribution in [0.2, 0.25) is 0 Å². The third kappa shape index (κ3) is 8.57. The van der Waals surface area contributed by atoms with Gasteiger partial charge in [0, 0.05) is 32.2 Å². The molecule has 1 aliphatic carbocycles. The summed E-state index contributed by atoms with van der Waals surface area (Å²) in [6.45, 7) is 13.9. The first kappa shape index (κ1) is 29.2. The quantitative estimate of drug-likeness (QED) is 0.410. The highest BCUT2D eigenvalue weighted by atomic mass is 16.5. The Bertz CT molecular complexity index is 852. The predicted octanol–water partition coefficient (Wildman–Crippen LogP) is 2.89. The fourth-order valence-corrected chi connectivity index (χ4v) is 5.45. The maximum absolute atomic E-state index is 13.7. The number of ether oxygens (including phenoxy) is 2. The van der Waals surface area contributed by atoms with E-state index in [-0.39, 0.29) is 17.9 Å². The van der Waals surface area contributed by atoms with Crippen molar-refractivity contribution in [1.29, 1.82) is 5.26 Å². The number of amides is 2. The van der Waals surface area contributed by atoms with E-state index in [9.17, 15) is 14.9 Å². The van der Waals surface area contributed by atoms with Gasteiger partial charge < -0.3 is 19.7 Å². The molecule has 2 atom stereocenters. The lowest BCUT2D eigenvalue weighted by atomic mass is 9.86. The van der Waals surface area contributed by atoms with Gasteiger partial charge in [-0.3, -0.25) is 15.0 Å². The summed E-state index contributed by atoms with van der Waals surface area (Å²) in [5.74, 6) is 0.785. The minimum absolute atomic E-state index is 0.203. The third-order valence-electron chi connectivity index (χ3n) is 7.56. The lowest BCUT2D eigenvalue weighted by Crippen LogP contribution is -2.54. The number of carbonyl (C=O) groups is 2. The molecule has 2 N–H and O–H groups in total. The van der Waals surface area contributed by atoms with Gasteiger partial charge in [-0.25, -0.2) is 9.79 Å². The van der Waals surface area contributed by atoms with Crippen molar-refractivity contribution in [3.05, 3.63) is 0 Å². The van der Waals surface area contributed by atoms with Crippen LogP contribution >= 0.6 is 0 Å². The van der Waals surface area contributed by atoms with E-state index in [2.05, 4.69) is 49.3 Å². The second kappa shape index (κ2) is 12.9. The number of nitrogens with zero attached hydrogens (tertiary/aromatic N) is 4. The standard InChI is InChI=1S/C27H46N6O4/c1-6-37-25(35)30-24(32-13-15-36-16-14-32)29-22(17-26(3,4)5)23(34)31-27(18-28)11-12-33(19-27)21-9-7-20(2)8-10-21/h20-22H,6-17,19H2,1-5H3,(H,31,34)(H,29,30,35). The molecule has 3 aliphatic rings. The summed E-state index contributed by atoms with van der Waals surface area (Å²) >= 11 is 0. The van der Waals surface area contributed by atoms with E-state index in [1.54, 1.807) is 6.92 Å². The number of guanidine groups is 1. The summed E-state index contributed by atoms with van der Waals surface area (Å²) in [7, 11) is 0. The number of nitriles is 1. The van der Waals surface area contributed by atoms with Gasteiger partial charge >= 0.3 is 6.09 Å². The molecular weight excluding hydrogens is 472 g/mol. The van der Waals surface area contributed by atoms with Crippen molar-refractivity contribution in [3.8, 4) is 6.07 Å². The zero-order valence-corrected chi connectivity index (χ0v) is 23.3. The molecule has 2 unspecified atom stereocenters. The first-order chi connectivity index (χ1) is 17.5. The number of alkyl carbamates (subject to hydrolysis) is 1. The Morgan fingerprint density at radius 2 is 1.86 bits per heavy atom. The summed E-state index contributed by atoms with van der Waals surface area (Å²) in [6.07, 6.45) is 5.18. The fraction of sp³-hybridized carbons (Fsp3) is 0.852. The molecule has 208 valence electrons. The number of aliphatic imine (C=N–C) groups is 1. The van der Waals surface area contributed by atoms with Crippen LogP contribution in [-0.2, 0) is 14.3 Å². The van der Waals surface area contributed by atoms with Crippen molar-refractivity contribution in [3.63, 3.8) is 0 Å². The number of carbonyl (C=O) groups excluding carboxylic acids is 2. The third-order valence-corrected chi connectivity index (χ3v) is 7.56. The SMILES string of the molecule is CCOC(=O)NC(=NC(CC(C)(C)C)C(=O)NC1(C#N)CCN(C2CCC(C)CC2)C1)N1CCOCC1. The van der Waals surface area contributed by atoms with E-state index in [1.807, 2.05) is 4.90 Å². The van der Waals surface area contributed by atoms with E-state index in [1.165, 1.54) is 12.8 Å². The molecule has 2 aliphatic heterocycles. The van der Waals surface area contributed by atoms with Gasteiger partial charge in [0.15, 0.2) is 0 Å². The van der Waals surface area contributed by atoms with Crippen LogP contribution in [0, 0.1) is 22.7 Å². The van der Waals surface area contributed by atoms with E-state index in [0.29, 0.717) is 57.7 Å². The molecule has 2 saturated heterocycles. The number of hydrogen-bond donors (Lipinski definition) is 2. The molecule has 2 heterocycles. The molecule has 0 bridgehead atoms. The maximum atomic E-state index is 13.7. The van der Waals surface area contributed by atoms with Crippen molar-refractivity contribution in [2.75, 3.05) is 46.0 Å². The molecule has 10 heteroatoms.